The number of esters is 1. The molecule has 3 nitrogen and oxygen atoms in total. The molecular formula is C29H38O3. The maximum absolute atomic E-state index is 12.8. The van der Waals surface area contributed by atoms with E-state index in [-0.39, 0.29) is 12.3 Å². The van der Waals surface area contributed by atoms with Gasteiger partial charge in [0.05, 0.1) is 6.61 Å². The molecule has 0 N–H and O–H groups in total. The van der Waals surface area contributed by atoms with Gasteiger partial charge in [-0.1, -0.05) is 12.2 Å². The van der Waals surface area contributed by atoms with E-state index in [9.17, 15) is 4.79 Å². The lowest BCUT2D eigenvalue weighted by Gasteiger charge is -2.50. The molecule has 1 heterocycles. The molecule has 0 aromatic carbocycles. The number of hydrogen-bond donors (Lipinski definition) is 0. The Morgan fingerprint density at radius 2 is 1.44 bits per heavy atom. The van der Waals surface area contributed by atoms with Crippen molar-refractivity contribution < 1.29 is 14.3 Å². The molecule has 0 aromatic heterocycles. The number of allylic oxidation sites excluding steroid dienone is 2. The van der Waals surface area contributed by atoms with Crippen molar-refractivity contribution in [1.29, 1.82) is 0 Å². The van der Waals surface area contributed by atoms with Gasteiger partial charge in [-0.3, -0.25) is 4.79 Å². The second-order valence-electron chi connectivity index (χ2n) is 13.7. The van der Waals surface area contributed by atoms with Gasteiger partial charge in [-0.15, -0.1) is 0 Å². The highest BCUT2D eigenvalue weighted by atomic mass is 16.7. The summed E-state index contributed by atoms with van der Waals surface area (Å²) in [5, 5.41) is 0. The van der Waals surface area contributed by atoms with Crippen LogP contribution in [0.1, 0.15) is 57.8 Å². The molecule has 32 heavy (non-hydrogen) atoms. The van der Waals surface area contributed by atoms with Crippen LogP contribution in [-0.4, -0.2) is 18.9 Å². The Bertz CT molecular complexity index is 874. The van der Waals surface area contributed by atoms with Gasteiger partial charge in [0.25, 0.3) is 0 Å². The Balaban J connectivity index is 0.944. The lowest BCUT2D eigenvalue weighted by atomic mass is 9.54. The highest BCUT2D eigenvalue weighted by molar-refractivity contribution is 5.70. The third kappa shape index (κ3) is 2.13. The standard InChI is InChI=1S/C29H38O3/c30-22(32-23-3-1-2-6-31-23)10-15-8-16-9-17(15)27-21-12-20(26(16)27)28-18-11-19(29(21)28)25-14-5-4-13(7-14)24(18)25/h4-5,13-21,23-29H,1-3,6-12H2. The van der Waals surface area contributed by atoms with Gasteiger partial charge in [-0.05, 0) is 134 Å². The molecular weight excluding hydrogens is 396 g/mol. The summed E-state index contributed by atoms with van der Waals surface area (Å²) in [5.74, 6) is 14.9. The highest BCUT2D eigenvalue weighted by Crippen LogP contribution is 2.81. The van der Waals surface area contributed by atoms with Crippen LogP contribution in [0.15, 0.2) is 12.2 Å². The lowest BCUT2D eigenvalue weighted by molar-refractivity contribution is -0.188. The number of fused-ring (bicyclic) bond motifs is 23. The molecule has 0 aromatic rings. The second kappa shape index (κ2) is 6.23. The molecule has 16 atom stereocenters. The Morgan fingerprint density at radius 3 is 2.16 bits per heavy atom. The number of ether oxygens (including phenoxy) is 2. The molecule has 172 valence electrons. The molecule has 1 aliphatic heterocycles. The smallest absolute Gasteiger partial charge is 0.308 e. The van der Waals surface area contributed by atoms with Crippen LogP contribution in [0.25, 0.3) is 0 Å². The minimum absolute atomic E-state index is 0.0311. The second-order valence-corrected chi connectivity index (χ2v) is 13.7. The third-order valence-electron chi connectivity index (χ3n) is 13.2. The fourth-order valence-electron chi connectivity index (χ4n) is 13.1. The quantitative estimate of drug-likeness (QED) is 0.343. The first-order valence-corrected chi connectivity index (χ1v) is 14.3. The Kier molecular flexibility index (Phi) is 3.60. The first kappa shape index (κ1) is 18.5. The van der Waals surface area contributed by atoms with Crippen LogP contribution in [0.2, 0.25) is 0 Å². The Morgan fingerprint density at radius 1 is 0.750 bits per heavy atom. The van der Waals surface area contributed by atoms with Crippen LogP contribution in [0.5, 0.6) is 0 Å². The maximum atomic E-state index is 12.8. The zero-order valence-corrected chi connectivity index (χ0v) is 19.2. The Hall–Kier alpha value is -0.830. The lowest BCUT2D eigenvalue weighted by Crippen LogP contribution is -2.47. The molecule has 0 radical (unpaired) electrons. The molecule has 8 aliphatic carbocycles. The van der Waals surface area contributed by atoms with E-state index in [1.807, 2.05) is 0 Å². The zero-order valence-electron chi connectivity index (χ0n) is 19.2. The Labute approximate surface area is 192 Å². The van der Waals surface area contributed by atoms with Crippen LogP contribution >= 0.6 is 0 Å². The van der Waals surface area contributed by atoms with Crippen molar-refractivity contribution in [3.63, 3.8) is 0 Å². The summed E-state index contributed by atoms with van der Waals surface area (Å²) in [6, 6.07) is 0. The van der Waals surface area contributed by atoms with Crippen LogP contribution in [-0.2, 0) is 14.3 Å². The highest BCUT2D eigenvalue weighted by Gasteiger charge is 2.75. The van der Waals surface area contributed by atoms with E-state index in [2.05, 4.69) is 12.2 Å². The van der Waals surface area contributed by atoms with Crippen LogP contribution in [0, 0.1) is 88.8 Å². The largest absolute Gasteiger partial charge is 0.436 e. The molecule has 0 spiro atoms. The molecule has 7 saturated carbocycles. The molecule has 3 heteroatoms. The average Bonchev–Trinajstić information content (AvgIpc) is 3.62. The fraction of sp³-hybridized carbons (Fsp3) is 0.897. The predicted molar refractivity (Wildman–Crippen MR) is 119 cm³/mol. The zero-order chi connectivity index (χ0) is 20.7. The van der Waals surface area contributed by atoms with E-state index in [0.29, 0.717) is 12.3 Å². The minimum atomic E-state index is -0.261. The summed E-state index contributed by atoms with van der Waals surface area (Å²) in [6.07, 6.45) is 16.2. The number of hydrogen-bond acceptors (Lipinski definition) is 3. The van der Waals surface area contributed by atoms with Crippen molar-refractivity contribution in [2.75, 3.05) is 6.61 Å². The van der Waals surface area contributed by atoms with Gasteiger partial charge in [0.15, 0.2) is 0 Å². The first-order chi connectivity index (χ1) is 15.8. The van der Waals surface area contributed by atoms with Crippen molar-refractivity contribution in [1.82, 2.24) is 0 Å². The molecule has 9 aliphatic rings. The van der Waals surface area contributed by atoms with Gasteiger partial charge >= 0.3 is 5.97 Å². The van der Waals surface area contributed by atoms with Crippen molar-refractivity contribution in [2.24, 2.45) is 88.8 Å². The molecule has 9 rings (SSSR count). The van der Waals surface area contributed by atoms with Gasteiger partial charge < -0.3 is 9.47 Å². The van der Waals surface area contributed by atoms with Gasteiger partial charge in [0.1, 0.15) is 0 Å². The minimum Gasteiger partial charge on any atom is -0.436 e. The van der Waals surface area contributed by atoms with E-state index < -0.39 is 0 Å². The van der Waals surface area contributed by atoms with Crippen molar-refractivity contribution >= 4 is 5.97 Å². The van der Waals surface area contributed by atoms with Crippen molar-refractivity contribution in [3.8, 4) is 0 Å². The average molecular weight is 435 g/mol. The van der Waals surface area contributed by atoms with E-state index in [4.69, 9.17) is 9.47 Å². The maximum Gasteiger partial charge on any atom is 0.308 e. The summed E-state index contributed by atoms with van der Waals surface area (Å²) >= 11 is 0. The normalized spacial score (nSPS) is 63.8. The molecule has 0 amide bonds. The summed E-state index contributed by atoms with van der Waals surface area (Å²) in [5.41, 5.74) is 0. The van der Waals surface area contributed by atoms with Gasteiger partial charge in [-0.25, -0.2) is 0 Å². The number of carbonyl (C=O) groups excluding carboxylic acids is 1. The first-order valence-electron chi connectivity index (χ1n) is 14.3. The summed E-state index contributed by atoms with van der Waals surface area (Å²) < 4.78 is 11.4. The van der Waals surface area contributed by atoms with E-state index in [1.165, 1.54) is 19.3 Å². The number of rotatable bonds is 3. The van der Waals surface area contributed by atoms with E-state index >= 15 is 0 Å². The van der Waals surface area contributed by atoms with Crippen molar-refractivity contribution in [3.05, 3.63) is 12.2 Å². The van der Waals surface area contributed by atoms with Crippen molar-refractivity contribution in [2.45, 2.75) is 64.1 Å². The summed E-state index contributed by atoms with van der Waals surface area (Å²) in [6.45, 7) is 0.753. The van der Waals surface area contributed by atoms with Crippen LogP contribution in [0.3, 0.4) is 0 Å². The fourth-order valence-corrected chi connectivity index (χ4v) is 13.1. The van der Waals surface area contributed by atoms with E-state index in [1.54, 1.807) is 12.8 Å². The van der Waals surface area contributed by atoms with Gasteiger partial charge in [-0.2, -0.15) is 0 Å². The van der Waals surface area contributed by atoms with Gasteiger partial charge in [0, 0.05) is 12.8 Å². The molecule has 8 fully saturated rings. The van der Waals surface area contributed by atoms with Crippen LogP contribution in [0.4, 0.5) is 0 Å². The monoisotopic (exact) mass is 434 g/mol. The third-order valence-corrected chi connectivity index (χ3v) is 13.2. The van der Waals surface area contributed by atoms with Gasteiger partial charge in [0.2, 0.25) is 6.29 Å². The number of carbonyl (C=O) groups is 1. The summed E-state index contributed by atoms with van der Waals surface area (Å²) in [7, 11) is 0. The molecule has 8 bridgehead atoms. The predicted octanol–water partition coefficient (Wildman–Crippen LogP) is 5.30. The molecule has 1 saturated heterocycles. The van der Waals surface area contributed by atoms with E-state index in [0.717, 1.165) is 109 Å². The SMILES string of the molecule is O=C(CC1CC2CC1C1C3CC(C21)C1C2CC(C4C5C=CC(C5)C24)C31)OC1CCCCO1. The topological polar surface area (TPSA) is 35.5 Å². The van der Waals surface area contributed by atoms with Crippen LogP contribution < -0.4 is 0 Å². The molecule has 16 unspecified atom stereocenters. The summed E-state index contributed by atoms with van der Waals surface area (Å²) in [4.78, 5) is 12.8.